The van der Waals surface area contributed by atoms with E-state index in [1.807, 2.05) is 0 Å². The molecule has 1 aliphatic heterocycles. The molecule has 0 aliphatic carbocycles. The second-order valence-corrected chi connectivity index (χ2v) is 9.55. The highest BCUT2D eigenvalue weighted by atomic mass is 19.4. The average Bonchev–Trinajstić information content (AvgIpc) is 3.44. The molecule has 0 saturated heterocycles. The van der Waals surface area contributed by atoms with E-state index >= 15 is 0 Å². The number of urea groups is 1. The molecule has 3 aromatic carbocycles. The minimum Gasteiger partial charge on any atom is -0.493 e. The Balaban J connectivity index is 1.60. The van der Waals surface area contributed by atoms with Gasteiger partial charge in [-0.15, -0.1) is 0 Å². The first-order chi connectivity index (χ1) is 20.5. The lowest BCUT2D eigenvalue weighted by Crippen LogP contribution is -2.44. The lowest BCUT2D eigenvalue weighted by molar-refractivity contribution is -0.137. The fourth-order valence-electron chi connectivity index (χ4n) is 4.51. The van der Waals surface area contributed by atoms with Crippen LogP contribution in [0, 0.1) is 5.82 Å². The van der Waals surface area contributed by atoms with Gasteiger partial charge in [-0.3, -0.25) is 4.79 Å². The summed E-state index contributed by atoms with van der Waals surface area (Å²) < 4.78 is 68.3. The third kappa shape index (κ3) is 7.60. The van der Waals surface area contributed by atoms with Gasteiger partial charge in [0.15, 0.2) is 11.5 Å². The number of carbonyl (C=O) groups is 2. The number of hydrogen-bond acceptors (Lipinski definition) is 6. The Morgan fingerprint density at radius 3 is 2.26 bits per heavy atom. The number of alkyl halides is 3. The van der Waals surface area contributed by atoms with Gasteiger partial charge in [-0.1, -0.05) is 18.2 Å². The molecule has 228 valence electrons. The van der Waals surface area contributed by atoms with Gasteiger partial charge in [0.25, 0.3) is 5.91 Å². The summed E-state index contributed by atoms with van der Waals surface area (Å²) in [5.74, 6) is -0.0112. The molecule has 13 heteroatoms. The number of anilines is 1. The van der Waals surface area contributed by atoms with Gasteiger partial charge in [0.1, 0.15) is 12.4 Å². The normalized spacial score (nSPS) is 14.7. The summed E-state index contributed by atoms with van der Waals surface area (Å²) in [6.07, 6.45) is -4.23. The minimum atomic E-state index is -4.52. The van der Waals surface area contributed by atoms with Crippen molar-refractivity contribution in [3.8, 4) is 11.5 Å². The number of halogens is 4. The van der Waals surface area contributed by atoms with Crippen molar-refractivity contribution in [1.29, 1.82) is 0 Å². The monoisotopic (exact) mass is 602 g/mol. The molecule has 0 unspecified atom stereocenters. The highest BCUT2D eigenvalue weighted by molar-refractivity contribution is 6.03. The second-order valence-electron chi connectivity index (χ2n) is 9.55. The summed E-state index contributed by atoms with van der Waals surface area (Å²) in [6, 6.07) is 13.6. The number of carbonyl (C=O) groups excluding carboxylic acids is 2. The smallest absolute Gasteiger partial charge is 0.416 e. The third-order valence-corrected chi connectivity index (χ3v) is 6.78. The molecule has 0 spiro atoms. The van der Waals surface area contributed by atoms with E-state index in [2.05, 4.69) is 10.4 Å². The SMILES string of the molecule is COCCN(CC(=O)N1N=C(c2ccc(F)cc2)C[C@@H]1c1ccc(OC)c(OC)c1)C(=O)Nc1ccc(C(F)(F)F)cc1. The molecule has 3 amide bonds. The molecule has 43 heavy (non-hydrogen) atoms. The number of benzene rings is 3. The van der Waals surface area contributed by atoms with E-state index in [4.69, 9.17) is 14.2 Å². The molecular formula is C30H30F4N4O5. The molecule has 1 atom stereocenters. The molecule has 0 bridgehead atoms. The highest BCUT2D eigenvalue weighted by Gasteiger charge is 2.35. The van der Waals surface area contributed by atoms with Crippen LogP contribution in [0.2, 0.25) is 0 Å². The predicted octanol–water partition coefficient (Wildman–Crippen LogP) is 5.72. The van der Waals surface area contributed by atoms with E-state index < -0.39 is 42.1 Å². The Bertz CT molecular complexity index is 1460. The Hall–Kier alpha value is -4.65. The van der Waals surface area contributed by atoms with Gasteiger partial charge in [0.05, 0.1) is 38.1 Å². The minimum absolute atomic E-state index is 0.0120. The van der Waals surface area contributed by atoms with Crippen LogP contribution in [-0.4, -0.2) is 68.6 Å². The summed E-state index contributed by atoms with van der Waals surface area (Å²) in [6.45, 7) is -0.311. The highest BCUT2D eigenvalue weighted by Crippen LogP contribution is 2.37. The zero-order valence-corrected chi connectivity index (χ0v) is 23.7. The van der Waals surface area contributed by atoms with E-state index in [1.54, 1.807) is 30.3 Å². The van der Waals surface area contributed by atoms with Crippen molar-refractivity contribution in [2.45, 2.75) is 18.6 Å². The molecule has 9 nitrogen and oxygen atoms in total. The second kappa shape index (κ2) is 13.6. The van der Waals surface area contributed by atoms with E-state index in [-0.39, 0.29) is 18.8 Å². The van der Waals surface area contributed by atoms with Crippen molar-refractivity contribution >= 4 is 23.3 Å². The third-order valence-electron chi connectivity index (χ3n) is 6.78. The molecular weight excluding hydrogens is 572 g/mol. The molecule has 0 fully saturated rings. The van der Waals surface area contributed by atoms with Gasteiger partial charge >= 0.3 is 12.2 Å². The van der Waals surface area contributed by atoms with E-state index in [0.29, 0.717) is 34.8 Å². The quantitative estimate of drug-likeness (QED) is 0.300. The summed E-state index contributed by atoms with van der Waals surface area (Å²) in [5, 5.41) is 8.36. The van der Waals surface area contributed by atoms with E-state index in [0.717, 1.165) is 24.3 Å². The van der Waals surface area contributed by atoms with Crippen LogP contribution in [0.1, 0.15) is 29.2 Å². The summed E-state index contributed by atoms with van der Waals surface area (Å²) in [7, 11) is 4.42. The molecule has 0 aromatic heterocycles. The molecule has 1 heterocycles. The number of ether oxygens (including phenoxy) is 3. The van der Waals surface area contributed by atoms with Crippen molar-refractivity contribution in [2.75, 3.05) is 46.3 Å². The Labute approximate surface area is 245 Å². The average molecular weight is 603 g/mol. The number of rotatable bonds is 10. The van der Waals surface area contributed by atoms with Gasteiger partial charge in [-0.25, -0.2) is 14.2 Å². The molecule has 0 saturated carbocycles. The van der Waals surface area contributed by atoms with Crippen LogP contribution < -0.4 is 14.8 Å². The number of hydrazone groups is 1. The van der Waals surface area contributed by atoms with Crippen LogP contribution in [-0.2, 0) is 15.7 Å². The van der Waals surface area contributed by atoms with Crippen molar-refractivity contribution < 1.29 is 41.4 Å². The molecule has 1 N–H and O–H groups in total. The van der Waals surface area contributed by atoms with E-state index in [1.165, 1.54) is 43.4 Å². The summed E-state index contributed by atoms with van der Waals surface area (Å²) in [4.78, 5) is 28.1. The molecule has 3 aromatic rings. The van der Waals surface area contributed by atoms with Gasteiger partial charge in [-0.05, 0) is 59.7 Å². The zero-order chi connectivity index (χ0) is 31.1. The Morgan fingerprint density at radius 2 is 1.65 bits per heavy atom. The largest absolute Gasteiger partial charge is 0.493 e. The first-order valence-electron chi connectivity index (χ1n) is 13.1. The molecule has 1 aliphatic rings. The fraction of sp³-hybridized carbons (Fsp3) is 0.300. The van der Waals surface area contributed by atoms with Crippen LogP contribution >= 0.6 is 0 Å². The summed E-state index contributed by atoms with van der Waals surface area (Å²) in [5.41, 5.74) is 1.10. The topological polar surface area (TPSA) is 92.7 Å². The Morgan fingerprint density at radius 1 is 0.977 bits per heavy atom. The zero-order valence-electron chi connectivity index (χ0n) is 23.7. The maximum Gasteiger partial charge on any atom is 0.416 e. The number of amides is 3. The van der Waals surface area contributed by atoms with E-state index in [9.17, 15) is 27.2 Å². The lowest BCUT2D eigenvalue weighted by Gasteiger charge is -2.27. The Kier molecular flexibility index (Phi) is 9.86. The van der Waals surface area contributed by atoms with Crippen LogP contribution in [0.4, 0.5) is 28.0 Å². The van der Waals surface area contributed by atoms with Crippen molar-refractivity contribution in [2.24, 2.45) is 5.10 Å². The van der Waals surface area contributed by atoms with Crippen LogP contribution in [0.5, 0.6) is 11.5 Å². The standard InChI is InChI=1S/C30H30F4N4O5/c1-41-15-14-37(29(40)35-23-11-7-21(8-12-23)30(32,33)34)18-28(39)38-25(20-6-13-26(42-2)27(16-20)43-3)17-24(36-38)19-4-9-22(31)10-5-19/h4-13,16,25H,14-15,17-18H2,1-3H3,(H,35,40)/t25-/m1/s1. The van der Waals surface area contributed by atoms with Crippen molar-refractivity contribution in [3.05, 3.63) is 89.2 Å². The number of nitrogens with one attached hydrogen (secondary N) is 1. The van der Waals surface area contributed by atoms with Gasteiger partial charge < -0.3 is 24.4 Å². The molecule has 4 rings (SSSR count). The fourth-order valence-corrected chi connectivity index (χ4v) is 4.51. The predicted molar refractivity (Wildman–Crippen MR) is 151 cm³/mol. The van der Waals surface area contributed by atoms with Crippen LogP contribution in [0.25, 0.3) is 0 Å². The van der Waals surface area contributed by atoms with Crippen LogP contribution in [0.3, 0.4) is 0 Å². The molecule has 0 radical (unpaired) electrons. The maximum absolute atomic E-state index is 13.7. The van der Waals surface area contributed by atoms with Gasteiger partial charge in [0, 0.05) is 25.8 Å². The summed E-state index contributed by atoms with van der Waals surface area (Å²) >= 11 is 0. The van der Waals surface area contributed by atoms with Gasteiger partial charge in [-0.2, -0.15) is 18.3 Å². The first-order valence-corrected chi connectivity index (χ1v) is 13.1. The van der Waals surface area contributed by atoms with Crippen molar-refractivity contribution in [3.63, 3.8) is 0 Å². The van der Waals surface area contributed by atoms with Crippen LogP contribution in [0.15, 0.2) is 71.8 Å². The number of nitrogens with zero attached hydrogens (tertiary/aromatic N) is 3. The maximum atomic E-state index is 13.7. The lowest BCUT2D eigenvalue weighted by atomic mass is 9.98. The number of methoxy groups -OCH3 is 3. The van der Waals surface area contributed by atoms with Gasteiger partial charge in [0.2, 0.25) is 0 Å². The van der Waals surface area contributed by atoms with Crippen molar-refractivity contribution in [1.82, 2.24) is 9.91 Å². The number of hydrogen-bond donors (Lipinski definition) is 1. The first kappa shape index (κ1) is 31.3.